The maximum atomic E-state index is 13.8. The Hall–Kier alpha value is -8.16. The third-order valence-corrected chi connectivity index (χ3v) is 21.1. The smallest absolute Gasteiger partial charge is 0.194 e. The number of allylic oxidation sites excluding steroid dienone is 6. The van der Waals surface area contributed by atoms with Gasteiger partial charge < -0.3 is 0 Å². The normalized spacial score (nSPS) is 16.3. The van der Waals surface area contributed by atoms with E-state index >= 15 is 0 Å². The van der Waals surface area contributed by atoms with Gasteiger partial charge in [-0.2, -0.15) is 38.5 Å². The number of nitrogens with zero attached hydrogens (tertiary/aromatic N) is 8. The fraction of sp³-hybridized carbons (Fsp3) is 0.103. The van der Waals surface area contributed by atoms with Gasteiger partial charge in [-0.3, -0.25) is 9.59 Å². The maximum absolute atomic E-state index is 13.8. The molecule has 0 fully saturated rings. The first-order valence-electron chi connectivity index (χ1n) is 23.1. The van der Waals surface area contributed by atoms with Gasteiger partial charge in [0.05, 0.1) is 42.6 Å². The maximum Gasteiger partial charge on any atom is 0.194 e. The summed E-state index contributed by atoms with van der Waals surface area (Å²) in [7, 11) is 0. The zero-order valence-corrected chi connectivity index (χ0v) is 44.0. The Kier molecular flexibility index (Phi) is 9.43. The van der Waals surface area contributed by atoms with Crippen LogP contribution < -0.4 is 0 Å². The number of benzene rings is 4. The number of hydrogen-bond donors (Lipinski definition) is 0. The lowest BCUT2D eigenvalue weighted by Gasteiger charge is -2.21. The standard InChI is InChI=1S/C58H28N8O2S6/c1-57(2)37-19-39(33-15-13-25(45-47(33)65-73-63-45)17-35-41(27(21-59)22-60)29-9-5-7-11-31(29)49(35)67)69-51(37)53-43(57)55-56(71-53)44-54(72-55)52-38(58(44,3)4)20-40(70-52)34-16-14-26(46-48(34)66-74-64-46)18-36-42(28(23-61)24-62)30-10-6-8-12-32(30)50(36)68/h5-20H,1-4H3. The predicted octanol–water partition coefficient (Wildman–Crippen LogP) is 15.2. The van der Waals surface area contributed by atoms with Gasteiger partial charge in [-0.25, -0.2) is 0 Å². The molecule has 14 rings (SSSR count). The van der Waals surface area contributed by atoms with E-state index in [0.29, 0.717) is 66.7 Å². The molecule has 4 aliphatic carbocycles. The molecule has 4 aliphatic rings. The second kappa shape index (κ2) is 15.7. The van der Waals surface area contributed by atoms with Crippen LogP contribution in [-0.2, 0) is 10.8 Å². The van der Waals surface area contributed by atoms with Gasteiger partial charge in [0.2, 0.25) is 0 Å². The van der Waals surface area contributed by atoms with Crippen LogP contribution in [0.5, 0.6) is 0 Å². The number of fused-ring (bicyclic) bond motifs is 13. The van der Waals surface area contributed by atoms with Crippen LogP contribution in [0.15, 0.2) is 107 Å². The highest BCUT2D eigenvalue weighted by Gasteiger charge is 2.47. The van der Waals surface area contributed by atoms with Crippen molar-refractivity contribution in [1.82, 2.24) is 17.5 Å². The minimum absolute atomic E-state index is 0.110. The molecule has 4 aromatic carbocycles. The first-order valence-corrected chi connectivity index (χ1v) is 27.8. The van der Waals surface area contributed by atoms with Crippen molar-refractivity contribution in [1.29, 1.82) is 21.0 Å². The average molecular weight is 1060 g/mol. The zero-order valence-electron chi connectivity index (χ0n) is 39.1. The number of Topliss-reactive ketones (excluding diaryl/α,β-unsaturated/α-hetero) is 2. The van der Waals surface area contributed by atoms with Crippen molar-refractivity contribution in [2.75, 3.05) is 0 Å². The lowest BCUT2D eigenvalue weighted by atomic mass is 9.81. The van der Waals surface area contributed by atoms with E-state index in [9.17, 15) is 30.6 Å². The zero-order chi connectivity index (χ0) is 50.7. The minimum Gasteiger partial charge on any atom is -0.289 e. The van der Waals surface area contributed by atoms with Crippen molar-refractivity contribution in [3.05, 3.63) is 163 Å². The molecule has 0 saturated carbocycles. The Labute approximate surface area is 446 Å². The van der Waals surface area contributed by atoms with E-state index in [-0.39, 0.29) is 33.5 Å². The topological polar surface area (TPSA) is 181 Å². The minimum atomic E-state index is -0.277. The molecule has 0 unspecified atom stereocenters. The molecule has 0 spiro atoms. The Balaban J connectivity index is 0.819. The SMILES string of the molecule is CC1(C)c2cc(-c3ccc(C=C4C(=O)c5ccccc5C4=C(C#N)C#N)c4nsnc34)sc2-c2sc3c4c(sc3c21)-c1sc(-c2ccc(C=C3C(=O)c5ccccc5C3=C(C#N)C#N)c3nsnc23)cc1C4(C)C. The van der Waals surface area contributed by atoms with Crippen LogP contribution in [-0.4, -0.2) is 29.1 Å². The molecule has 6 heterocycles. The van der Waals surface area contributed by atoms with Gasteiger partial charge in [-0.1, -0.05) is 100 Å². The van der Waals surface area contributed by atoms with Crippen LogP contribution in [0.1, 0.15) is 92.9 Å². The van der Waals surface area contributed by atoms with E-state index in [1.807, 2.05) is 71.2 Å². The van der Waals surface area contributed by atoms with E-state index in [2.05, 4.69) is 39.8 Å². The number of hydrogen-bond acceptors (Lipinski definition) is 16. The first-order chi connectivity index (χ1) is 35.9. The summed E-state index contributed by atoms with van der Waals surface area (Å²) in [5.74, 6) is -0.473. The second-order valence-corrected chi connectivity index (χ2v) is 24.6. The molecule has 0 radical (unpaired) electrons. The van der Waals surface area contributed by atoms with Crippen molar-refractivity contribution < 1.29 is 9.59 Å². The molecular formula is C58H28N8O2S6. The largest absolute Gasteiger partial charge is 0.289 e. The summed E-state index contributed by atoms with van der Waals surface area (Å²) in [6.45, 7) is 9.32. The van der Waals surface area contributed by atoms with Gasteiger partial charge in [0.1, 0.15) is 57.5 Å². The number of rotatable bonds is 4. The molecule has 0 atom stereocenters. The second-order valence-electron chi connectivity index (χ2n) is 19.4. The number of carbonyl (C=O) groups is 2. The van der Waals surface area contributed by atoms with Gasteiger partial charge in [-0.15, -0.1) is 45.3 Å². The van der Waals surface area contributed by atoms with Gasteiger partial charge >= 0.3 is 0 Å². The van der Waals surface area contributed by atoms with Crippen LogP contribution in [0.4, 0.5) is 0 Å². The highest BCUT2D eigenvalue weighted by molar-refractivity contribution is 7.35. The molecular weight excluding hydrogens is 1030 g/mol. The molecule has 74 heavy (non-hydrogen) atoms. The summed E-state index contributed by atoms with van der Waals surface area (Å²) in [6.07, 6.45) is 3.49. The molecule has 10 nitrogen and oxygen atoms in total. The highest BCUT2D eigenvalue weighted by Crippen LogP contribution is 2.66. The number of aromatic nitrogens is 4. The summed E-state index contributed by atoms with van der Waals surface area (Å²) in [6, 6.07) is 34.8. The molecule has 348 valence electrons. The summed E-state index contributed by atoms with van der Waals surface area (Å²) in [5.41, 5.74) is 14.0. The number of ketones is 2. The van der Waals surface area contributed by atoms with E-state index < -0.39 is 0 Å². The van der Waals surface area contributed by atoms with Gasteiger partial charge in [0.25, 0.3) is 0 Å². The summed E-state index contributed by atoms with van der Waals surface area (Å²) in [5, 5.41) is 39.6. The van der Waals surface area contributed by atoms with Crippen molar-refractivity contribution in [2.45, 2.75) is 38.5 Å². The van der Waals surface area contributed by atoms with Crippen LogP contribution in [0.25, 0.3) is 95.2 Å². The van der Waals surface area contributed by atoms with E-state index in [4.69, 9.17) is 17.5 Å². The van der Waals surface area contributed by atoms with Crippen LogP contribution in [0.3, 0.4) is 0 Å². The lowest BCUT2D eigenvalue weighted by Crippen LogP contribution is -2.15. The predicted molar refractivity (Wildman–Crippen MR) is 297 cm³/mol. The average Bonchev–Trinajstić information content (AvgIpc) is 4.30. The Morgan fingerprint density at radius 2 is 0.851 bits per heavy atom. The summed E-state index contributed by atoms with van der Waals surface area (Å²) in [4.78, 5) is 34.9. The molecule has 0 aliphatic heterocycles. The molecule has 10 aromatic rings. The first kappa shape index (κ1) is 44.5. The molecule has 16 heteroatoms. The molecule has 0 bridgehead atoms. The number of nitriles is 4. The molecule has 0 saturated heterocycles. The molecule has 0 amide bonds. The molecule has 0 N–H and O–H groups in total. The van der Waals surface area contributed by atoms with E-state index in [1.54, 1.807) is 83.4 Å². The van der Waals surface area contributed by atoms with E-state index in [0.717, 1.165) is 55.4 Å². The lowest BCUT2D eigenvalue weighted by molar-refractivity contribution is 0.103. The monoisotopic (exact) mass is 1060 g/mol. The van der Waals surface area contributed by atoms with Crippen molar-refractivity contribution in [3.8, 4) is 64.7 Å². The number of carbonyl (C=O) groups excluding carboxylic acids is 2. The molecule has 6 aromatic heterocycles. The Morgan fingerprint density at radius 1 is 0.473 bits per heavy atom. The Bertz CT molecular complexity index is 4330. The van der Waals surface area contributed by atoms with Crippen molar-refractivity contribution in [2.24, 2.45) is 0 Å². The highest BCUT2D eigenvalue weighted by atomic mass is 32.1. The third-order valence-electron chi connectivity index (χ3n) is 14.9. The van der Waals surface area contributed by atoms with Gasteiger partial charge in [-0.05, 0) is 57.7 Å². The summed E-state index contributed by atoms with van der Waals surface area (Å²) >= 11 is 9.59. The summed E-state index contributed by atoms with van der Waals surface area (Å²) < 4.78 is 21.7. The van der Waals surface area contributed by atoms with Gasteiger partial charge in [0, 0.05) is 86.0 Å². The van der Waals surface area contributed by atoms with Crippen LogP contribution in [0, 0.1) is 45.3 Å². The van der Waals surface area contributed by atoms with E-state index in [1.165, 1.54) is 51.2 Å². The Morgan fingerprint density at radius 3 is 1.24 bits per heavy atom. The van der Waals surface area contributed by atoms with Crippen molar-refractivity contribution in [3.63, 3.8) is 0 Å². The van der Waals surface area contributed by atoms with Crippen LogP contribution >= 0.6 is 68.8 Å². The van der Waals surface area contributed by atoms with Gasteiger partial charge in [0.15, 0.2) is 11.6 Å². The fourth-order valence-corrected chi connectivity index (χ4v) is 19.0. The fourth-order valence-electron chi connectivity index (χ4n) is 11.4. The third kappa shape index (κ3) is 5.84. The van der Waals surface area contributed by atoms with Crippen LogP contribution in [0.2, 0.25) is 0 Å². The quantitative estimate of drug-likeness (QED) is 0.121. The number of thiophene rings is 4. The van der Waals surface area contributed by atoms with Crippen molar-refractivity contribution >= 4 is 135 Å².